The molecule has 0 unspecified atom stereocenters. The molecule has 0 aliphatic rings. The van der Waals surface area contributed by atoms with E-state index in [4.69, 9.17) is 9.84 Å². The van der Waals surface area contributed by atoms with Crippen LogP contribution in [-0.2, 0) is 19.6 Å². The largest absolute Gasteiger partial charge is 0.494 e. The normalized spacial score (nSPS) is 11.0. The Morgan fingerprint density at radius 2 is 2.09 bits per heavy atom. The maximum Gasteiger partial charge on any atom is 0.165 e. The summed E-state index contributed by atoms with van der Waals surface area (Å²) < 4.78 is 20.3. The van der Waals surface area contributed by atoms with Gasteiger partial charge in [0.25, 0.3) is 0 Å². The van der Waals surface area contributed by atoms with Crippen LogP contribution in [0.25, 0.3) is 0 Å². The molecule has 6 heteroatoms. The van der Waals surface area contributed by atoms with Crippen LogP contribution in [0.2, 0.25) is 0 Å². The van der Waals surface area contributed by atoms with Gasteiger partial charge in [-0.3, -0.25) is 4.68 Å². The number of aliphatic hydroxyl groups excluding tert-OH is 1. The quantitative estimate of drug-likeness (QED) is 0.820. The summed E-state index contributed by atoms with van der Waals surface area (Å²) in [5.74, 6) is -0.106. The third-order valence-electron chi connectivity index (χ3n) is 3.69. The molecule has 0 saturated heterocycles. The smallest absolute Gasteiger partial charge is 0.165 e. The molecule has 1 aromatic heterocycles. The van der Waals surface area contributed by atoms with Crippen molar-refractivity contribution in [3.05, 3.63) is 46.5 Å². The number of nitrogens with one attached hydrogen (secondary N) is 1. The third-order valence-corrected chi connectivity index (χ3v) is 3.69. The zero-order valence-corrected chi connectivity index (χ0v) is 13.2. The summed E-state index contributed by atoms with van der Waals surface area (Å²) in [7, 11) is 1.45. The summed E-state index contributed by atoms with van der Waals surface area (Å²) in [4.78, 5) is 0. The van der Waals surface area contributed by atoms with Crippen molar-refractivity contribution in [3.8, 4) is 5.75 Å². The van der Waals surface area contributed by atoms with Gasteiger partial charge in [0.1, 0.15) is 0 Å². The zero-order chi connectivity index (χ0) is 16.1. The number of hydrogen-bond donors (Lipinski definition) is 2. The van der Waals surface area contributed by atoms with Crippen molar-refractivity contribution in [2.45, 2.75) is 33.5 Å². The molecule has 0 spiro atoms. The van der Waals surface area contributed by atoms with Gasteiger partial charge < -0.3 is 15.2 Å². The van der Waals surface area contributed by atoms with Gasteiger partial charge in [0.15, 0.2) is 11.6 Å². The van der Waals surface area contributed by atoms with Crippen molar-refractivity contribution in [2.24, 2.45) is 0 Å². The molecule has 0 amide bonds. The number of ether oxygens (including phenoxy) is 1. The SMILES string of the molecule is COc1ccc(CNCc2c(C)nn(CCO)c2C)cc1F. The standard InChI is InChI=1S/C16H22FN3O2/c1-11-14(12(2)20(19-11)6-7-21)10-18-9-13-4-5-16(22-3)15(17)8-13/h4-5,8,18,21H,6-7,9-10H2,1-3H3. The maximum atomic E-state index is 13.6. The highest BCUT2D eigenvalue weighted by molar-refractivity contribution is 5.29. The highest BCUT2D eigenvalue weighted by atomic mass is 19.1. The monoisotopic (exact) mass is 307 g/mol. The average molecular weight is 307 g/mol. The first kappa shape index (κ1) is 16.5. The Morgan fingerprint density at radius 3 is 2.73 bits per heavy atom. The van der Waals surface area contributed by atoms with Crippen LogP contribution in [0.5, 0.6) is 5.75 Å². The van der Waals surface area contributed by atoms with E-state index in [1.165, 1.54) is 13.2 Å². The lowest BCUT2D eigenvalue weighted by atomic mass is 10.1. The van der Waals surface area contributed by atoms with E-state index in [1.807, 2.05) is 19.9 Å². The van der Waals surface area contributed by atoms with Crippen molar-refractivity contribution >= 4 is 0 Å². The molecule has 120 valence electrons. The summed E-state index contributed by atoms with van der Waals surface area (Å²) in [6.07, 6.45) is 0. The van der Waals surface area contributed by atoms with Crippen LogP contribution in [0, 0.1) is 19.7 Å². The number of rotatable bonds is 7. The average Bonchev–Trinajstić information content (AvgIpc) is 2.75. The highest BCUT2D eigenvalue weighted by Gasteiger charge is 2.11. The summed E-state index contributed by atoms with van der Waals surface area (Å²) in [5.41, 5.74) is 3.96. The van der Waals surface area contributed by atoms with E-state index in [1.54, 1.807) is 10.7 Å². The molecule has 0 fully saturated rings. The van der Waals surface area contributed by atoms with E-state index in [2.05, 4.69) is 10.4 Å². The van der Waals surface area contributed by atoms with Gasteiger partial charge in [0.05, 0.1) is 26.0 Å². The van der Waals surface area contributed by atoms with Crippen molar-refractivity contribution in [1.29, 1.82) is 0 Å². The fraction of sp³-hybridized carbons (Fsp3) is 0.438. The van der Waals surface area contributed by atoms with Crippen LogP contribution < -0.4 is 10.1 Å². The first-order valence-electron chi connectivity index (χ1n) is 7.23. The number of benzene rings is 1. The molecule has 0 aliphatic heterocycles. The van der Waals surface area contributed by atoms with Crippen molar-refractivity contribution < 1.29 is 14.2 Å². The molecular formula is C16H22FN3O2. The lowest BCUT2D eigenvalue weighted by molar-refractivity contribution is 0.267. The van der Waals surface area contributed by atoms with Crippen LogP contribution in [0.4, 0.5) is 4.39 Å². The van der Waals surface area contributed by atoms with Crippen LogP contribution in [0.1, 0.15) is 22.5 Å². The second-order valence-electron chi connectivity index (χ2n) is 5.17. The topological polar surface area (TPSA) is 59.3 Å². The molecule has 5 nitrogen and oxygen atoms in total. The molecule has 2 aromatic rings. The van der Waals surface area contributed by atoms with Gasteiger partial charge >= 0.3 is 0 Å². The van der Waals surface area contributed by atoms with Crippen LogP contribution >= 0.6 is 0 Å². The van der Waals surface area contributed by atoms with Crippen molar-refractivity contribution in [3.63, 3.8) is 0 Å². The van der Waals surface area contributed by atoms with Gasteiger partial charge in [-0.1, -0.05) is 6.07 Å². The first-order valence-corrected chi connectivity index (χ1v) is 7.23. The minimum Gasteiger partial charge on any atom is -0.494 e. The number of methoxy groups -OCH3 is 1. The zero-order valence-electron chi connectivity index (χ0n) is 13.2. The second-order valence-corrected chi connectivity index (χ2v) is 5.17. The summed E-state index contributed by atoms with van der Waals surface area (Å²) in [6.45, 7) is 5.71. The van der Waals surface area contributed by atoms with Crippen LogP contribution in [0.15, 0.2) is 18.2 Å². The Balaban J connectivity index is 1.98. The van der Waals surface area contributed by atoms with Crippen molar-refractivity contribution in [2.75, 3.05) is 13.7 Å². The lowest BCUT2D eigenvalue weighted by Crippen LogP contribution is -2.14. The molecule has 0 saturated carbocycles. The molecule has 0 radical (unpaired) electrons. The second kappa shape index (κ2) is 7.38. The van der Waals surface area contributed by atoms with E-state index in [0.717, 1.165) is 22.5 Å². The van der Waals surface area contributed by atoms with E-state index >= 15 is 0 Å². The van der Waals surface area contributed by atoms with E-state index in [-0.39, 0.29) is 18.2 Å². The Kier molecular flexibility index (Phi) is 5.51. The molecule has 0 atom stereocenters. The molecule has 2 N–H and O–H groups in total. The summed E-state index contributed by atoms with van der Waals surface area (Å²) in [6, 6.07) is 4.94. The van der Waals surface area contributed by atoms with Gasteiger partial charge in [-0.2, -0.15) is 5.10 Å². The van der Waals surface area contributed by atoms with E-state index in [9.17, 15) is 4.39 Å². The Hall–Kier alpha value is -1.92. The number of hydrogen-bond acceptors (Lipinski definition) is 4. The third kappa shape index (κ3) is 3.64. The number of halogens is 1. The predicted molar refractivity (Wildman–Crippen MR) is 82.3 cm³/mol. The molecule has 22 heavy (non-hydrogen) atoms. The molecular weight excluding hydrogens is 285 g/mol. The number of aryl methyl sites for hydroxylation is 1. The fourth-order valence-corrected chi connectivity index (χ4v) is 2.45. The van der Waals surface area contributed by atoms with Gasteiger partial charge in [0.2, 0.25) is 0 Å². The molecule has 1 aromatic carbocycles. The molecule has 2 rings (SSSR count). The number of nitrogens with zero attached hydrogens (tertiary/aromatic N) is 2. The van der Waals surface area contributed by atoms with E-state index < -0.39 is 0 Å². The van der Waals surface area contributed by atoms with Crippen LogP contribution in [0.3, 0.4) is 0 Å². The Morgan fingerprint density at radius 1 is 1.32 bits per heavy atom. The lowest BCUT2D eigenvalue weighted by Gasteiger charge is -2.08. The van der Waals surface area contributed by atoms with Gasteiger partial charge in [0, 0.05) is 24.3 Å². The maximum absolute atomic E-state index is 13.6. The number of aromatic nitrogens is 2. The summed E-state index contributed by atoms with van der Waals surface area (Å²) >= 11 is 0. The minimum atomic E-state index is -0.357. The molecule has 0 bridgehead atoms. The minimum absolute atomic E-state index is 0.0694. The van der Waals surface area contributed by atoms with Crippen LogP contribution in [-0.4, -0.2) is 28.6 Å². The fourth-order valence-electron chi connectivity index (χ4n) is 2.45. The predicted octanol–water partition coefficient (Wildman–Crippen LogP) is 1.93. The van der Waals surface area contributed by atoms with E-state index in [0.29, 0.717) is 19.6 Å². The molecule has 0 aliphatic carbocycles. The van der Waals surface area contributed by atoms with Gasteiger partial charge in [-0.25, -0.2) is 4.39 Å². The van der Waals surface area contributed by atoms with Gasteiger partial charge in [-0.05, 0) is 31.5 Å². The summed E-state index contributed by atoms with van der Waals surface area (Å²) in [5, 5.41) is 16.7. The van der Waals surface area contributed by atoms with Gasteiger partial charge in [-0.15, -0.1) is 0 Å². The Bertz CT molecular complexity index is 641. The highest BCUT2D eigenvalue weighted by Crippen LogP contribution is 2.18. The molecule has 1 heterocycles. The van der Waals surface area contributed by atoms with Crippen molar-refractivity contribution in [1.82, 2.24) is 15.1 Å². The Labute approximate surface area is 129 Å². The number of aliphatic hydroxyl groups is 1. The first-order chi connectivity index (χ1) is 10.6.